The van der Waals surface area contributed by atoms with Crippen LogP contribution in [0.4, 0.5) is 10.1 Å². The van der Waals surface area contributed by atoms with E-state index in [1.54, 1.807) is 17.0 Å². The van der Waals surface area contributed by atoms with Crippen LogP contribution in [0.25, 0.3) is 0 Å². The second kappa shape index (κ2) is 9.32. The molecule has 2 amide bonds. The quantitative estimate of drug-likeness (QED) is 0.785. The molecule has 7 heteroatoms. The molecule has 1 fully saturated rings. The topological polar surface area (TPSA) is 75.7 Å². The number of likely N-dealkylation sites (tertiary alicyclic amines) is 1. The van der Waals surface area contributed by atoms with E-state index in [4.69, 9.17) is 4.74 Å². The third-order valence-electron chi connectivity index (χ3n) is 4.89. The number of esters is 1. The third kappa shape index (κ3) is 5.63. The van der Waals surface area contributed by atoms with Crippen LogP contribution < -0.4 is 5.32 Å². The van der Waals surface area contributed by atoms with Crippen LogP contribution in [-0.2, 0) is 14.3 Å². The Morgan fingerprint density at radius 2 is 1.66 bits per heavy atom. The third-order valence-corrected chi connectivity index (χ3v) is 4.89. The number of nitrogens with one attached hydrogen (secondary N) is 1. The van der Waals surface area contributed by atoms with Crippen LogP contribution in [-0.4, -0.2) is 42.4 Å². The van der Waals surface area contributed by atoms with Crippen molar-refractivity contribution in [3.8, 4) is 0 Å². The number of carbonyl (C=O) groups is 3. The van der Waals surface area contributed by atoms with Crippen LogP contribution in [0.5, 0.6) is 0 Å². The van der Waals surface area contributed by atoms with Crippen molar-refractivity contribution in [2.75, 3.05) is 25.0 Å². The van der Waals surface area contributed by atoms with Crippen molar-refractivity contribution in [3.63, 3.8) is 0 Å². The molecule has 1 aliphatic rings. The van der Waals surface area contributed by atoms with Gasteiger partial charge in [-0.05, 0) is 56.2 Å². The first-order chi connectivity index (χ1) is 13.9. The van der Waals surface area contributed by atoms with Crippen LogP contribution in [0.2, 0.25) is 0 Å². The van der Waals surface area contributed by atoms with Crippen LogP contribution in [0.1, 0.15) is 28.8 Å². The fraction of sp³-hybridized carbons (Fsp3) is 0.318. The van der Waals surface area contributed by atoms with Gasteiger partial charge in [0.2, 0.25) is 0 Å². The monoisotopic (exact) mass is 398 g/mol. The van der Waals surface area contributed by atoms with Gasteiger partial charge in [0.25, 0.3) is 11.8 Å². The standard InChI is InChI=1S/C22H23FN2O4/c1-15-2-8-19(9-3-15)24-20(26)14-29-22(28)17-10-12-25(13-11-17)21(27)16-4-6-18(23)7-5-16/h2-9,17H,10-14H2,1H3,(H,24,26). The van der Waals surface area contributed by atoms with Crippen LogP contribution in [0, 0.1) is 18.7 Å². The molecule has 2 aromatic carbocycles. The smallest absolute Gasteiger partial charge is 0.309 e. The van der Waals surface area contributed by atoms with Gasteiger partial charge in [-0.2, -0.15) is 0 Å². The summed E-state index contributed by atoms with van der Waals surface area (Å²) in [6, 6.07) is 12.7. The summed E-state index contributed by atoms with van der Waals surface area (Å²) in [7, 11) is 0. The molecule has 1 aliphatic heterocycles. The Labute approximate surface area is 168 Å². The Bertz CT molecular complexity index is 873. The normalized spacial score (nSPS) is 14.3. The molecule has 0 saturated carbocycles. The highest BCUT2D eigenvalue weighted by Gasteiger charge is 2.29. The molecule has 2 aromatic rings. The Morgan fingerprint density at radius 1 is 1.03 bits per heavy atom. The maximum absolute atomic E-state index is 13.0. The molecule has 29 heavy (non-hydrogen) atoms. The van der Waals surface area contributed by atoms with Gasteiger partial charge in [0.1, 0.15) is 5.82 Å². The van der Waals surface area contributed by atoms with Crippen molar-refractivity contribution in [3.05, 3.63) is 65.5 Å². The predicted octanol–water partition coefficient (Wildman–Crippen LogP) is 3.17. The molecule has 0 bridgehead atoms. The van der Waals surface area contributed by atoms with Crippen LogP contribution in [0.15, 0.2) is 48.5 Å². The zero-order chi connectivity index (χ0) is 20.8. The molecule has 152 valence electrons. The van der Waals surface area contributed by atoms with Gasteiger partial charge >= 0.3 is 5.97 Å². The first-order valence-corrected chi connectivity index (χ1v) is 9.50. The maximum atomic E-state index is 13.0. The lowest BCUT2D eigenvalue weighted by atomic mass is 9.96. The number of hydrogen-bond acceptors (Lipinski definition) is 4. The van der Waals surface area contributed by atoms with E-state index in [9.17, 15) is 18.8 Å². The number of piperidine rings is 1. The Kier molecular flexibility index (Phi) is 6.59. The molecule has 0 atom stereocenters. The van der Waals surface area contributed by atoms with E-state index in [2.05, 4.69) is 5.32 Å². The van der Waals surface area contributed by atoms with Crippen molar-refractivity contribution in [2.45, 2.75) is 19.8 Å². The number of amides is 2. The van der Waals surface area contributed by atoms with Gasteiger partial charge in [0, 0.05) is 24.3 Å². The van der Waals surface area contributed by atoms with Crippen molar-refractivity contribution < 1.29 is 23.5 Å². The van der Waals surface area contributed by atoms with Crippen LogP contribution in [0.3, 0.4) is 0 Å². The van der Waals surface area contributed by atoms with E-state index in [-0.39, 0.29) is 18.4 Å². The number of carbonyl (C=O) groups excluding carboxylic acids is 3. The first kappa shape index (κ1) is 20.5. The van der Waals surface area contributed by atoms with E-state index in [1.807, 2.05) is 19.1 Å². The van der Waals surface area contributed by atoms with E-state index >= 15 is 0 Å². The molecular weight excluding hydrogens is 375 g/mol. The lowest BCUT2D eigenvalue weighted by Gasteiger charge is -2.31. The van der Waals surface area contributed by atoms with Gasteiger partial charge in [-0.25, -0.2) is 4.39 Å². The Hall–Kier alpha value is -3.22. The second-order valence-corrected chi connectivity index (χ2v) is 7.10. The summed E-state index contributed by atoms with van der Waals surface area (Å²) in [4.78, 5) is 38.2. The van der Waals surface area contributed by atoms with Crippen molar-refractivity contribution >= 4 is 23.5 Å². The maximum Gasteiger partial charge on any atom is 0.309 e. The number of halogens is 1. The van der Waals surface area contributed by atoms with Gasteiger partial charge < -0.3 is 15.0 Å². The Morgan fingerprint density at radius 3 is 2.28 bits per heavy atom. The summed E-state index contributed by atoms with van der Waals surface area (Å²) < 4.78 is 18.1. The van der Waals surface area contributed by atoms with Crippen molar-refractivity contribution in [1.82, 2.24) is 4.90 Å². The zero-order valence-electron chi connectivity index (χ0n) is 16.2. The summed E-state index contributed by atoms with van der Waals surface area (Å²) in [6.07, 6.45) is 0.927. The minimum Gasteiger partial charge on any atom is -0.455 e. The van der Waals surface area contributed by atoms with E-state index in [0.29, 0.717) is 37.2 Å². The van der Waals surface area contributed by atoms with Crippen molar-refractivity contribution in [2.24, 2.45) is 5.92 Å². The minimum atomic E-state index is -0.432. The number of hydrogen-bond donors (Lipinski definition) is 1. The van der Waals surface area contributed by atoms with E-state index in [1.165, 1.54) is 24.3 Å². The van der Waals surface area contributed by atoms with Crippen molar-refractivity contribution in [1.29, 1.82) is 0 Å². The van der Waals surface area contributed by atoms with Crippen LogP contribution >= 0.6 is 0 Å². The average molecular weight is 398 g/mol. The Balaban J connectivity index is 1.42. The highest BCUT2D eigenvalue weighted by Crippen LogP contribution is 2.20. The summed E-state index contributed by atoms with van der Waals surface area (Å²) in [6.45, 7) is 2.42. The number of aryl methyl sites for hydroxylation is 1. The highest BCUT2D eigenvalue weighted by atomic mass is 19.1. The van der Waals surface area contributed by atoms with E-state index in [0.717, 1.165) is 5.56 Å². The molecule has 3 rings (SSSR count). The molecule has 1 saturated heterocycles. The molecule has 0 unspecified atom stereocenters. The molecule has 1 heterocycles. The summed E-state index contributed by atoms with van der Waals surface area (Å²) in [5, 5.41) is 2.68. The lowest BCUT2D eigenvalue weighted by molar-refractivity contribution is -0.152. The predicted molar refractivity (Wildman–Crippen MR) is 106 cm³/mol. The first-order valence-electron chi connectivity index (χ1n) is 9.50. The molecule has 0 aliphatic carbocycles. The lowest BCUT2D eigenvalue weighted by Crippen LogP contribution is -2.41. The molecular formula is C22H23FN2O4. The number of ether oxygens (including phenoxy) is 1. The molecule has 0 radical (unpaired) electrons. The zero-order valence-corrected chi connectivity index (χ0v) is 16.2. The van der Waals surface area contributed by atoms with Gasteiger partial charge in [0.15, 0.2) is 6.61 Å². The number of nitrogens with zero attached hydrogens (tertiary/aromatic N) is 1. The highest BCUT2D eigenvalue weighted by molar-refractivity contribution is 5.94. The minimum absolute atomic E-state index is 0.186. The number of benzene rings is 2. The largest absolute Gasteiger partial charge is 0.455 e. The van der Waals surface area contributed by atoms with Gasteiger partial charge in [-0.1, -0.05) is 17.7 Å². The fourth-order valence-electron chi connectivity index (χ4n) is 3.18. The number of anilines is 1. The number of rotatable bonds is 5. The molecule has 0 spiro atoms. The summed E-state index contributed by atoms with van der Waals surface area (Å²) >= 11 is 0. The molecule has 6 nitrogen and oxygen atoms in total. The molecule has 0 aromatic heterocycles. The summed E-state index contributed by atoms with van der Waals surface area (Å²) in [5.41, 5.74) is 2.14. The second-order valence-electron chi connectivity index (χ2n) is 7.10. The SMILES string of the molecule is Cc1ccc(NC(=O)COC(=O)C2CCN(C(=O)c3ccc(F)cc3)CC2)cc1. The summed E-state index contributed by atoms with van der Waals surface area (Å²) in [5.74, 6) is -1.76. The van der Waals surface area contributed by atoms with Gasteiger partial charge in [0.05, 0.1) is 5.92 Å². The average Bonchev–Trinajstić information content (AvgIpc) is 2.74. The fourth-order valence-corrected chi connectivity index (χ4v) is 3.18. The van der Waals surface area contributed by atoms with E-state index < -0.39 is 17.7 Å². The van der Waals surface area contributed by atoms with Gasteiger partial charge in [-0.3, -0.25) is 14.4 Å². The molecule has 1 N–H and O–H groups in total. The van der Waals surface area contributed by atoms with Gasteiger partial charge in [-0.15, -0.1) is 0 Å².